The van der Waals surface area contributed by atoms with Crippen LogP contribution in [0.5, 0.6) is 0 Å². The van der Waals surface area contributed by atoms with Crippen LogP contribution in [0.2, 0.25) is 5.02 Å². The van der Waals surface area contributed by atoms with Crippen LogP contribution in [0.1, 0.15) is 55.8 Å². The van der Waals surface area contributed by atoms with Gasteiger partial charge in [0.05, 0.1) is 0 Å². The lowest BCUT2D eigenvalue weighted by Crippen LogP contribution is -2.60. The predicted octanol–water partition coefficient (Wildman–Crippen LogP) is 3.76. The number of piperazine rings is 1. The first-order chi connectivity index (χ1) is 20.8. The number of carbonyl (C=O) groups is 2. The highest BCUT2D eigenvalue weighted by Gasteiger charge is 2.34. The number of halogens is 1. The van der Waals surface area contributed by atoms with E-state index in [4.69, 9.17) is 11.6 Å². The molecule has 0 unspecified atom stereocenters. The number of carbonyl (C=O) groups excluding carboxylic acids is 2. The summed E-state index contributed by atoms with van der Waals surface area (Å²) in [4.78, 5) is 31.8. The van der Waals surface area contributed by atoms with Crippen molar-refractivity contribution in [3.63, 3.8) is 0 Å². The SMILES string of the molecule is CC(C)CN(C1CCN(C(=O)[C@@H](Cc2ccc(Cl)cc2)NC(=O)C[C@@H]2NCCc3ccccc32)CC1)N1CCN(C)CC1. The minimum atomic E-state index is -0.617. The number of likely N-dealkylation sites (tertiary alicyclic amines) is 1. The zero-order chi connectivity index (χ0) is 30.3. The van der Waals surface area contributed by atoms with E-state index in [2.05, 4.69) is 64.6 Å². The second-order valence-electron chi connectivity index (χ2n) is 12.9. The molecule has 3 aliphatic rings. The molecule has 2 N–H and O–H groups in total. The lowest BCUT2D eigenvalue weighted by Gasteiger charge is -2.47. The summed E-state index contributed by atoms with van der Waals surface area (Å²) in [6.07, 6.45) is 3.59. The van der Waals surface area contributed by atoms with Gasteiger partial charge in [-0.05, 0) is 67.6 Å². The van der Waals surface area contributed by atoms with E-state index in [1.54, 1.807) is 0 Å². The Morgan fingerprint density at radius 2 is 1.70 bits per heavy atom. The highest BCUT2D eigenvalue weighted by molar-refractivity contribution is 6.30. The summed E-state index contributed by atoms with van der Waals surface area (Å²) in [7, 11) is 2.19. The molecule has 0 aliphatic carbocycles. The van der Waals surface area contributed by atoms with Crippen molar-refractivity contribution in [1.29, 1.82) is 0 Å². The minimum Gasteiger partial charge on any atom is -0.344 e. The van der Waals surface area contributed by atoms with Gasteiger partial charge in [0.15, 0.2) is 0 Å². The molecular weight excluding hydrogens is 560 g/mol. The first-order valence-corrected chi connectivity index (χ1v) is 16.5. The Morgan fingerprint density at radius 1 is 1.00 bits per heavy atom. The first kappa shape index (κ1) is 31.9. The van der Waals surface area contributed by atoms with Crippen LogP contribution in [0, 0.1) is 5.92 Å². The molecule has 3 heterocycles. The molecule has 0 bridgehead atoms. The third-order valence-electron chi connectivity index (χ3n) is 9.18. The van der Waals surface area contributed by atoms with Crippen molar-refractivity contribution in [3.8, 4) is 0 Å². The van der Waals surface area contributed by atoms with Gasteiger partial charge in [-0.15, -0.1) is 0 Å². The van der Waals surface area contributed by atoms with E-state index in [1.165, 1.54) is 11.1 Å². The summed E-state index contributed by atoms with van der Waals surface area (Å²) in [5.74, 6) is 0.479. The third kappa shape index (κ3) is 8.58. The standard InChI is InChI=1S/C34H49ClN6O2/c1-25(2)24-41(40-20-18-38(3)19-21-40)29-13-16-39(17-14-29)34(43)32(22-26-8-10-28(35)11-9-26)37-33(42)23-31-30-7-5-4-6-27(30)12-15-36-31/h4-11,25,29,31-32,36H,12-24H2,1-3H3,(H,37,42)/t31-,32+/m0/s1. The van der Waals surface area contributed by atoms with Crippen molar-refractivity contribution in [2.75, 3.05) is 59.4 Å². The molecule has 9 heteroatoms. The number of likely N-dealkylation sites (N-methyl/N-ethyl adjacent to an activating group) is 1. The van der Waals surface area contributed by atoms with Crippen LogP contribution in [0.15, 0.2) is 48.5 Å². The summed E-state index contributed by atoms with van der Waals surface area (Å²) in [6.45, 7) is 12.1. The number of piperidine rings is 1. The summed E-state index contributed by atoms with van der Waals surface area (Å²) in [5.41, 5.74) is 3.45. The van der Waals surface area contributed by atoms with Crippen LogP contribution >= 0.6 is 11.6 Å². The van der Waals surface area contributed by atoms with Gasteiger partial charge in [-0.3, -0.25) is 9.59 Å². The average molecular weight is 609 g/mol. The molecular formula is C34H49ClN6O2. The number of benzene rings is 2. The Morgan fingerprint density at radius 3 is 2.40 bits per heavy atom. The molecule has 234 valence electrons. The minimum absolute atomic E-state index is 0.00811. The quantitative estimate of drug-likeness (QED) is 0.428. The fourth-order valence-corrected chi connectivity index (χ4v) is 6.92. The van der Waals surface area contributed by atoms with Gasteiger partial charge in [-0.25, -0.2) is 10.0 Å². The first-order valence-electron chi connectivity index (χ1n) is 16.1. The second-order valence-corrected chi connectivity index (χ2v) is 13.4. The van der Waals surface area contributed by atoms with Crippen molar-refractivity contribution in [2.24, 2.45) is 5.92 Å². The van der Waals surface area contributed by atoms with E-state index in [9.17, 15) is 9.59 Å². The van der Waals surface area contributed by atoms with Crippen LogP contribution in [-0.2, 0) is 22.4 Å². The number of amides is 2. The summed E-state index contributed by atoms with van der Waals surface area (Å²) in [6, 6.07) is 15.7. The maximum Gasteiger partial charge on any atom is 0.245 e. The smallest absolute Gasteiger partial charge is 0.245 e. The Bertz CT molecular complexity index is 1210. The van der Waals surface area contributed by atoms with Crippen LogP contribution in [0.4, 0.5) is 0 Å². The predicted molar refractivity (Wildman–Crippen MR) is 173 cm³/mol. The van der Waals surface area contributed by atoms with Crippen molar-refractivity contribution < 1.29 is 9.59 Å². The van der Waals surface area contributed by atoms with Crippen LogP contribution < -0.4 is 10.6 Å². The van der Waals surface area contributed by atoms with Crippen molar-refractivity contribution in [1.82, 2.24) is 30.5 Å². The molecule has 2 amide bonds. The van der Waals surface area contributed by atoms with E-state index in [1.807, 2.05) is 35.2 Å². The van der Waals surface area contributed by atoms with Gasteiger partial charge in [0.1, 0.15) is 6.04 Å². The molecule has 0 spiro atoms. The number of nitrogens with zero attached hydrogens (tertiary/aromatic N) is 4. The van der Waals surface area contributed by atoms with Gasteiger partial charge in [0.25, 0.3) is 0 Å². The molecule has 2 aromatic carbocycles. The van der Waals surface area contributed by atoms with Gasteiger partial charge in [0.2, 0.25) is 11.8 Å². The molecule has 0 aromatic heterocycles. The van der Waals surface area contributed by atoms with E-state index >= 15 is 0 Å². The molecule has 3 aliphatic heterocycles. The zero-order valence-electron chi connectivity index (χ0n) is 26.1. The summed E-state index contributed by atoms with van der Waals surface area (Å²) >= 11 is 6.14. The average Bonchev–Trinajstić information content (AvgIpc) is 3.01. The monoisotopic (exact) mass is 608 g/mol. The van der Waals surface area contributed by atoms with Gasteiger partial charge in [-0.1, -0.05) is 61.8 Å². The Kier molecular flexibility index (Phi) is 11.1. The molecule has 0 radical (unpaired) electrons. The Hall–Kier alpha value is -2.49. The van der Waals surface area contributed by atoms with E-state index in [0.717, 1.165) is 64.1 Å². The lowest BCUT2D eigenvalue weighted by molar-refractivity contribution is -0.141. The number of hydrogen-bond donors (Lipinski definition) is 2. The van der Waals surface area contributed by atoms with Gasteiger partial charge < -0.3 is 20.4 Å². The van der Waals surface area contributed by atoms with Crippen LogP contribution in [0.25, 0.3) is 0 Å². The Labute approximate surface area is 262 Å². The fraction of sp³-hybridized carbons (Fsp3) is 0.588. The maximum atomic E-state index is 14.0. The number of nitrogens with one attached hydrogen (secondary N) is 2. The van der Waals surface area contributed by atoms with Gasteiger partial charge in [0, 0.05) is 75.8 Å². The molecule has 43 heavy (non-hydrogen) atoms. The van der Waals surface area contributed by atoms with E-state index in [0.29, 0.717) is 42.9 Å². The molecule has 8 nitrogen and oxygen atoms in total. The molecule has 5 rings (SSSR count). The van der Waals surface area contributed by atoms with Gasteiger partial charge in [-0.2, -0.15) is 0 Å². The molecule has 2 fully saturated rings. The molecule has 2 atom stereocenters. The van der Waals surface area contributed by atoms with Crippen LogP contribution in [0.3, 0.4) is 0 Å². The fourth-order valence-electron chi connectivity index (χ4n) is 6.80. The van der Waals surface area contributed by atoms with Gasteiger partial charge >= 0.3 is 0 Å². The molecule has 2 aromatic rings. The summed E-state index contributed by atoms with van der Waals surface area (Å²) < 4.78 is 0. The number of fused-ring (bicyclic) bond motifs is 1. The maximum absolute atomic E-state index is 14.0. The largest absolute Gasteiger partial charge is 0.344 e. The van der Waals surface area contributed by atoms with Crippen molar-refractivity contribution >= 4 is 23.4 Å². The molecule has 2 saturated heterocycles. The second kappa shape index (κ2) is 15.0. The number of hydrogen-bond acceptors (Lipinski definition) is 6. The normalized spacial score (nSPS) is 21.2. The topological polar surface area (TPSA) is 71.2 Å². The highest BCUT2D eigenvalue weighted by atomic mass is 35.5. The van der Waals surface area contributed by atoms with Crippen molar-refractivity contribution in [2.45, 2.75) is 64.1 Å². The number of hydrazine groups is 1. The van der Waals surface area contributed by atoms with E-state index < -0.39 is 6.04 Å². The zero-order valence-corrected chi connectivity index (χ0v) is 26.9. The third-order valence-corrected chi connectivity index (χ3v) is 9.44. The summed E-state index contributed by atoms with van der Waals surface area (Å²) in [5, 5.41) is 12.5. The van der Waals surface area contributed by atoms with E-state index in [-0.39, 0.29) is 17.9 Å². The molecule has 0 saturated carbocycles. The Balaban J connectivity index is 1.24. The van der Waals surface area contributed by atoms with Crippen molar-refractivity contribution in [3.05, 3.63) is 70.2 Å². The lowest BCUT2D eigenvalue weighted by atomic mass is 9.92. The highest BCUT2D eigenvalue weighted by Crippen LogP contribution is 2.26. The number of rotatable bonds is 10. The van der Waals surface area contributed by atoms with Crippen LogP contribution in [-0.4, -0.2) is 103 Å².